The number of nitrogens with zero attached hydrogens (tertiary/aromatic N) is 2. The predicted octanol–water partition coefficient (Wildman–Crippen LogP) is 1.99. The molecular weight excluding hydrogens is 264 g/mol. The number of carbonyl (C=O) groups is 1. The largest absolute Gasteiger partial charge is 0.399 e. The van der Waals surface area contributed by atoms with Gasteiger partial charge in [-0.1, -0.05) is 12.1 Å². The third-order valence-corrected chi connectivity index (χ3v) is 3.32. The molecule has 0 saturated carbocycles. The molecule has 1 aromatic carbocycles. The molecule has 0 spiro atoms. The van der Waals surface area contributed by atoms with Crippen molar-refractivity contribution in [3.8, 4) is 0 Å². The first-order chi connectivity index (χ1) is 10.2. The van der Waals surface area contributed by atoms with Gasteiger partial charge >= 0.3 is 0 Å². The minimum absolute atomic E-state index is 0.0973. The highest BCUT2D eigenvalue weighted by atomic mass is 16.1. The van der Waals surface area contributed by atoms with E-state index in [0.717, 1.165) is 43.6 Å². The van der Waals surface area contributed by atoms with Crippen LogP contribution in [0.4, 0.5) is 5.69 Å². The number of unbranched alkanes of at least 4 members (excludes halogenated alkanes) is 1. The van der Waals surface area contributed by atoms with Crippen LogP contribution in [-0.2, 0) is 17.8 Å². The monoisotopic (exact) mass is 286 g/mol. The molecular formula is C16H22N4O. The van der Waals surface area contributed by atoms with Crippen molar-refractivity contribution in [3.05, 3.63) is 48.5 Å². The summed E-state index contributed by atoms with van der Waals surface area (Å²) >= 11 is 0. The van der Waals surface area contributed by atoms with Gasteiger partial charge in [-0.05, 0) is 37.0 Å². The molecule has 112 valence electrons. The summed E-state index contributed by atoms with van der Waals surface area (Å²) in [6.07, 6.45) is 8.78. The SMILES string of the molecule is Nc1cccc(CCC(=O)NCCCCn2ccnc2)c1. The van der Waals surface area contributed by atoms with Crippen LogP contribution in [0, 0.1) is 0 Å². The number of hydrogen-bond acceptors (Lipinski definition) is 3. The molecule has 21 heavy (non-hydrogen) atoms. The minimum atomic E-state index is 0.0973. The van der Waals surface area contributed by atoms with Gasteiger partial charge in [0.05, 0.1) is 6.33 Å². The summed E-state index contributed by atoms with van der Waals surface area (Å²) in [5.74, 6) is 0.0973. The maximum atomic E-state index is 11.7. The smallest absolute Gasteiger partial charge is 0.220 e. The van der Waals surface area contributed by atoms with Gasteiger partial charge in [-0.25, -0.2) is 4.98 Å². The number of nitrogens with two attached hydrogens (primary N) is 1. The highest BCUT2D eigenvalue weighted by Crippen LogP contribution is 2.08. The number of aryl methyl sites for hydroxylation is 2. The number of hydrogen-bond donors (Lipinski definition) is 2. The van der Waals surface area contributed by atoms with Crippen LogP contribution in [0.3, 0.4) is 0 Å². The van der Waals surface area contributed by atoms with E-state index in [-0.39, 0.29) is 5.91 Å². The molecule has 1 aromatic heterocycles. The highest BCUT2D eigenvalue weighted by Gasteiger charge is 2.02. The molecule has 0 fully saturated rings. The molecule has 0 radical (unpaired) electrons. The fourth-order valence-electron chi connectivity index (χ4n) is 2.16. The van der Waals surface area contributed by atoms with Crippen molar-refractivity contribution in [2.24, 2.45) is 0 Å². The second-order valence-corrected chi connectivity index (χ2v) is 5.10. The Bertz CT molecular complexity index is 551. The summed E-state index contributed by atoms with van der Waals surface area (Å²) in [5, 5.41) is 2.95. The fraction of sp³-hybridized carbons (Fsp3) is 0.375. The molecule has 0 aliphatic heterocycles. The first-order valence-corrected chi connectivity index (χ1v) is 7.31. The molecule has 0 aliphatic carbocycles. The van der Waals surface area contributed by atoms with E-state index in [9.17, 15) is 4.79 Å². The van der Waals surface area contributed by atoms with E-state index in [1.807, 2.05) is 41.4 Å². The van der Waals surface area contributed by atoms with E-state index in [4.69, 9.17) is 5.73 Å². The number of rotatable bonds is 8. The molecule has 5 nitrogen and oxygen atoms in total. The van der Waals surface area contributed by atoms with Gasteiger partial charge in [0, 0.05) is 37.6 Å². The van der Waals surface area contributed by atoms with E-state index in [0.29, 0.717) is 6.42 Å². The van der Waals surface area contributed by atoms with E-state index >= 15 is 0 Å². The first-order valence-electron chi connectivity index (χ1n) is 7.31. The number of imidazole rings is 1. The zero-order valence-electron chi connectivity index (χ0n) is 12.2. The number of carbonyl (C=O) groups excluding carboxylic acids is 1. The van der Waals surface area contributed by atoms with Gasteiger partial charge in [0.1, 0.15) is 0 Å². The average molecular weight is 286 g/mol. The molecule has 0 bridgehead atoms. The standard InChI is InChI=1S/C16H22N4O/c17-15-5-3-4-14(12-15)6-7-16(21)19-8-1-2-10-20-11-9-18-13-20/h3-5,9,11-13H,1-2,6-8,10,17H2,(H,19,21). The Kier molecular flexibility index (Phi) is 5.82. The molecule has 3 N–H and O–H groups in total. The molecule has 1 heterocycles. The maximum Gasteiger partial charge on any atom is 0.220 e. The van der Waals surface area contributed by atoms with E-state index < -0.39 is 0 Å². The second kappa shape index (κ2) is 8.09. The Hall–Kier alpha value is -2.30. The summed E-state index contributed by atoms with van der Waals surface area (Å²) in [7, 11) is 0. The van der Waals surface area contributed by atoms with Gasteiger partial charge < -0.3 is 15.6 Å². The lowest BCUT2D eigenvalue weighted by Crippen LogP contribution is -2.24. The van der Waals surface area contributed by atoms with Crippen molar-refractivity contribution >= 4 is 11.6 Å². The summed E-state index contributed by atoms with van der Waals surface area (Å²) in [6.45, 7) is 1.67. The lowest BCUT2D eigenvalue weighted by molar-refractivity contribution is -0.121. The number of anilines is 1. The molecule has 1 amide bonds. The Labute approximate surface area is 125 Å². The highest BCUT2D eigenvalue weighted by molar-refractivity contribution is 5.76. The van der Waals surface area contributed by atoms with Crippen LogP contribution < -0.4 is 11.1 Å². The van der Waals surface area contributed by atoms with Crippen LogP contribution in [0.2, 0.25) is 0 Å². The van der Waals surface area contributed by atoms with Crippen molar-refractivity contribution in [1.82, 2.24) is 14.9 Å². The van der Waals surface area contributed by atoms with Crippen LogP contribution >= 0.6 is 0 Å². The van der Waals surface area contributed by atoms with Gasteiger partial charge in [-0.2, -0.15) is 0 Å². The van der Waals surface area contributed by atoms with Crippen LogP contribution in [-0.4, -0.2) is 22.0 Å². The molecule has 0 saturated heterocycles. The first kappa shape index (κ1) is 15.1. The van der Waals surface area contributed by atoms with Crippen LogP contribution in [0.5, 0.6) is 0 Å². The van der Waals surface area contributed by atoms with Crippen LogP contribution in [0.15, 0.2) is 43.0 Å². The summed E-state index contributed by atoms with van der Waals surface area (Å²) in [5.41, 5.74) is 7.56. The van der Waals surface area contributed by atoms with Gasteiger partial charge in [-0.3, -0.25) is 4.79 Å². The lowest BCUT2D eigenvalue weighted by Gasteiger charge is -2.06. The number of aromatic nitrogens is 2. The van der Waals surface area contributed by atoms with Crippen molar-refractivity contribution in [3.63, 3.8) is 0 Å². The predicted molar refractivity (Wildman–Crippen MR) is 83.6 cm³/mol. The Morgan fingerprint density at radius 1 is 1.33 bits per heavy atom. The second-order valence-electron chi connectivity index (χ2n) is 5.10. The van der Waals surface area contributed by atoms with Gasteiger partial charge in [-0.15, -0.1) is 0 Å². The Balaban J connectivity index is 1.55. The van der Waals surface area contributed by atoms with E-state index in [1.54, 1.807) is 6.20 Å². The molecule has 0 aliphatic rings. The third kappa shape index (κ3) is 5.69. The Morgan fingerprint density at radius 3 is 3.00 bits per heavy atom. The van der Waals surface area contributed by atoms with Crippen molar-refractivity contribution in [1.29, 1.82) is 0 Å². The molecule has 0 atom stereocenters. The van der Waals surface area contributed by atoms with Crippen LogP contribution in [0.25, 0.3) is 0 Å². The zero-order chi connectivity index (χ0) is 14.9. The number of amides is 1. The average Bonchev–Trinajstić information content (AvgIpc) is 2.98. The van der Waals surface area contributed by atoms with E-state index in [1.165, 1.54) is 0 Å². The maximum absolute atomic E-state index is 11.7. The number of benzene rings is 1. The molecule has 2 aromatic rings. The third-order valence-electron chi connectivity index (χ3n) is 3.32. The van der Waals surface area contributed by atoms with Crippen LogP contribution in [0.1, 0.15) is 24.8 Å². The molecule has 2 rings (SSSR count). The van der Waals surface area contributed by atoms with Crippen molar-refractivity contribution in [2.45, 2.75) is 32.2 Å². The van der Waals surface area contributed by atoms with Gasteiger partial charge in [0.15, 0.2) is 0 Å². The van der Waals surface area contributed by atoms with E-state index in [2.05, 4.69) is 10.3 Å². The summed E-state index contributed by atoms with van der Waals surface area (Å²) in [6, 6.07) is 7.68. The molecule has 5 heteroatoms. The van der Waals surface area contributed by atoms with Gasteiger partial charge in [0.25, 0.3) is 0 Å². The fourth-order valence-corrected chi connectivity index (χ4v) is 2.16. The normalized spacial score (nSPS) is 10.5. The quantitative estimate of drug-likeness (QED) is 0.576. The lowest BCUT2D eigenvalue weighted by atomic mass is 10.1. The number of nitrogens with one attached hydrogen (secondary N) is 1. The zero-order valence-corrected chi connectivity index (χ0v) is 12.2. The molecule has 0 unspecified atom stereocenters. The van der Waals surface area contributed by atoms with Gasteiger partial charge in [0.2, 0.25) is 5.91 Å². The summed E-state index contributed by atoms with van der Waals surface area (Å²) in [4.78, 5) is 15.7. The summed E-state index contributed by atoms with van der Waals surface area (Å²) < 4.78 is 2.04. The van der Waals surface area contributed by atoms with Crippen molar-refractivity contribution < 1.29 is 4.79 Å². The van der Waals surface area contributed by atoms with Crippen molar-refractivity contribution in [2.75, 3.05) is 12.3 Å². The Morgan fingerprint density at radius 2 is 2.24 bits per heavy atom. The number of nitrogen functional groups attached to an aromatic ring is 1. The topological polar surface area (TPSA) is 72.9 Å². The minimum Gasteiger partial charge on any atom is -0.399 e.